The van der Waals surface area contributed by atoms with Crippen LogP contribution in [0, 0.1) is 10.1 Å². The molecular weight excluding hydrogens is 364 g/mol. The molecule has 0 radical (unpaired) electrons. The van der Waals surface area contributed by atoms with Gasteiger partial charge in [0.2, 0.25) is 0 Å². The number of nitro benzene ring substituents is 1. The first-order valence-corrected chi connectivity index (χ1v) is 9.39. The van der Waals surface area contributed by atoms with Crippen LogP contribution < -0.4 is 16.4 Å². The molecule has 1 aromatic heterocycles. The molecule has 140 valence electrons. The van der Waals surface area contributed by atoms with E-state index in [1.807, 2.05) is 0 Å². The van der Waals surface area contributed by atoms with Gasteiger partial charge in [0.05, 0.1) is 21.9 Å². The van der Waals surface area contributed by atoms with Crippen molar-refractivity contribution in [3.05, 3.63) is 52.0 Å². The molecule has 26 heavy (non-hydrogen) atoms. The molecule has 0 saturated carbocycles. The van der Waals surface area contributed by atoms with Gasteiger partial charge in [0.25, 0.3) is 11.6 Å². The first kappa shape index (κ1) is 19.4. The van der Waals surface area contributed by atoms with Crippen LogP contribution in [0.4, 0.5) is 11.4 Å². The molecule has 11 heteroatoms. The van der Waals surface area contributed by atoms with Crippen LogP contribution in [0.25, 0.3) is 0 Å². The second-order valence-corrected chi connectivity index (χ2v) is 7.41. The number of carbonyl (C=O) groups excluding carboxylic acids is 1. The maximum Gasteiger partial charge on any atom is 0.293 e. The summed E-state index contributed by atoms with van der Waals surface area (Å²) in [4.78, 5) is 22.2. The van der Waals surface area contributed by atoms with Gasteiger partial charge in [-0.1, -0.05) is 0 Å². The lowest BCUT2D eigenvalue weighted by atomic mass is 10.2. The Hall–Kier alpha value is -2.92. The van der Waals surface area contributed by atoms with Gasteiger partial charge in [0, 0.05) is 25.4 Å². The van der Waals surface area contributed by atoms with Gasteiger partial charge in [-0.3, -0.25) is 14.9 Å². The summed E-state index contributed by atoms with van der Waals surface area (Å²) in [6, 6.07) is 5.12. The average Bonchev–Trinajstić information content (AvgIpc) is 3.06. The van der Waals surface area contributed by atoms with Crippen LogP contribution in [0.15, 0.2) is 39.8 Å². The van der Waals surface area contributed by atoms with Gasteiger partial charge in [-0.15, -0.1) is 0 Å². The summed E-state index contributed by atoms with van der Waals surface area (Å²) in [7, 11) is -3.55. The number of nitrogens with one attached hydrogen (secondary N) is 2. The van der Waals surface area contributed by atoms with Gasteiger partial charge >= 0.3 is 0 Å². The van der Waals surface area contributed by atoms with Crippen molar-refractivity contribution in [3.8, 4) is 0 Å². The minimum atomic E-state index is -3.55. The minimum Gasteiger partial charge on any atom is -0.467 e. The van der Waals surface area contributed by atoms with E-state index in [1.54, 1.807) is 0 Å². The van der Waals surface area contributed by atoms with Crippen molar-refractivity contribution in [1.29, 1.82) is 0 Å². The van der Waals surface area contributed by atoms with E-state index < -0.39 is 14.8 Å². The Balaban J connectivity index is 1.96. The number of nitrogens with zero attached hydrogens (tertiary/aromatic N) is 1. The Kier molecular flexibility index (Phi) is 5.95. The molecule has 10 nitrogen and oxygen atoms in total. The number of benzene rings is 1. The van der Waals surface area contributed by atoms with E-state index in [9.17, 15) is 23.3 Å². The molecule has 1 heterocycles. The van der Waals surface area contributed by atoms with Crippen LogP contribution in [0.1, 0.15) is 16.1 Å². The lowest BCUT2D eigenvalue weighted by Gasteiger charge is -2.09. The molecular formula is C15H18N4O6S. The number of anilines is 1. The molecule has 1 aromatic carbocycles. The van der Waals surface area contributed by atoms with Crippen molar-refractivity contribution in [2.75, 3.05) is 24.7 Å². The van der Waals surface area contributed by atoms with E-state index in [-0.39, 0.29) is 41.8 Å². The lowest BCUT2D eigenvalue weighted by Crippen LogP contribution is -2.28. The van der Waals surface area contributed by atoms with Crippen molar-refractivity contribution >= 4 is 27.1 Å². The van der Waals surface area contributed by atoms with Gasteiger partial charge < -0.3 is 20.8 Å². The highest BCUT2D eigenvalue weighted by Gasteiger charge is 2.18. The molecule has 0 aliphatic rings. The average molecular weight is 382 g/mol. The summed E-state index contributed by atoms with van der Waals surface area (Å²) in [5, 5.41) is 16.6. The number of nitrogens with two attached hydrogens (primary N) is 1. The molecule has 0 bridgehead atoms. The van der Waals surface area contributed by atoms with Crippen LogP contribution in [0.2, 0.25) is 0 Å². The highest BCUT2D eigenvalue weighted by molar-refractivity contribution is 7.90. The van der Waals surface area contributed by atoms with Crippen LogP contribution in [-0.2, 0) is 16.4 Å². The minimum absolute atomic E-state index is 0.140. The number of amides is 1. The van der Waals surface area contributed by atoms with Gasteiger partial charge in [-0.05, 0) is 18.2 Å². The Labute approximate surface area is 149 Å². The molecule has 0 fully saturated rings. The molecule has 2 aromatic rings. The summed E-state index contributed by atoms with van der Waals surface area (Å²) in [6.45, 7) is 0.571. The number of hydrogen-bond donors (Lipinski definition) is 3. The maximum absolute atomic E-state index is 11.9. The third-order valence-corrected chi connectivity index (χ3v) is 4.55. The van der Waals surface area contributed by atoms with Gasteiger partial charge in [-0.2, -0.15) is 0 Å². The standard InChI is InChI=1S/C15H18N4O6S/c1-26(23,24)12-2-3-13(14(7-12)19(21)22)17-4-5-18-15(20)10-6-11(8-16)25-9-10/h2-3,6-7,9,17H,4-5,8,16H2,1H3,(H,18,20). The molecule has 0 saturated heterocycles. The van der Waals surface area contributed by atoms with Crippen molar-refractivity contribution in [2.45, 2.75) is 11.4 Å². The topological polar surface area (TPSA) is 158 Å². The third-order valence-electron chi connectivity index (χ3n) is 3.44. The van der Waals surface area contributed by atoms with E-state index in [0.717, 1.165) is 12.3 Å². The molecule has 1 amide bonds. The smallest absolute Gasteiger partial charge is 0.293 e. The Bertz CT molecular complexity index is 922. The molecule has 0 aliphatic heterocycles. The van der Waals surface area contributed by atoms with E-state index in [0.29, 0.717) is 11.3 Å². The van der Waals surface area contributed by atoms with Crippen molar-refractivity contribution in [3.63, 3.8) is 0 Å². The normalized spacial score (nSPS) is 11.2. The van der Waals surface area contributed by atoms with Gasteiger partial charge in [-0.25, -0.2) is 8.42 Å². The maximum atomic E-state index is 11.9. The van der Waals surface area contributed by atoms with Crippen molar-refractivity contribution < 1.29 is 22.6 Å². The summed E-state index contributed by atoms with van der Waals surface area (Å²) in [6.07, 6.45) is 2.26. The van der Waals surface area contributed by atoms with E-state index in [4.69, 9.17) is 10.2 Å². The molecule has 0 aliphatic carbocycles. The number of rotatable bonds is 8. The van der Waals surface area contributed by atoms with Crippen molar-refractivity contribution in [1.82, 2.24) is 5.32 Å². The molecule has 0 spiro atoms. The van der Waals surface area contributed by atoms with Crippen LogP contribution in [-0.4, -0.2) is 38.6 Å². The molecule has 0 unspecified atom stereocenters. The predicted octanol–water partition coefficient (Wildman–Crippen LogP) is 0.892. The third kappa shape index (κ3) is 4.80. The van der Waals surface area contributed by atoms with Gasteiger partial charge in [0.1, 0.15) is 17.7 Å². The predicted molar refractivity (Wildman–Crippen MR) is 93.6 cm³/mol. The molecule has 4 N–H and O–H groups in total. The highest BCUT2D eigenvalue weighted by Crippen LogP contribution is 2.27. The SMILES string of the molecule is CS(=O)(=O)c1ccc(NCCNC(=O)c2coc(CN)c2)c([N+](=O)[O-])c1. The van der Waals surface area contributed by atoms with E-state index in [1.165, 1.54) is 24.5 Å². The second-order valence-electron chi connectivity index (χ2n) is 5.40. The number of hydrogen-bond acceptors (Lipinski definition) is 8. The van der Waals surface area contributed by atoms with Crippen LogP contribution >= 0.6 is 0 Å². The van der Waals surface area contributed by atoms with E-state index in [2.05, 4.69) is 10.6 Å². The Morgan fingerprint density at radius 1 is 1.31 bits per heavy atom. The fourth-order valence-corrected chi connectivity index (χ4v) is 2.77. The number of carbonyl (C=O) groups is 1. The number of sulfone groups is 1. The molecule has 2 rings (SSSR count). The first-order chi connectivity index (χ1) is 12.2. The number of nitro groups is 1. The Morgan fingerprint density at radius 3 is 2.62 bits per heavy atom. The fourth-order valence-electron chi connectivity index (χ4n) is 2.12. The first-order valence-electron chi connectivity index (χ1n) is 7.50. The quantitative estimate of drug-likeness (QED) is 0.345. The largest absolute Gasteiger partial charge is 0.467 e. The zero-order chi connectivity index (χ0) is 19.3. The summed E-state index contributed by atoms with van der Waals surface area (Å²) >= 11 is 0. The monoisotopic (exact) mass is 382 g/mol. The summed E-state index contributed by atoms with van der Waals surface area (Å²) in [5.74, 6) is 0.118. The number of furan rings is 1. The second kappa shape index (κ2) is 7.97. The molecule has 0 atom stereocenters. The van der Waals surface area contributed by atoms with Crippen molar-refractivity contribution in [2.24, 2.45) is 5.73 Å². The zero-order valence-corrected chi connectivity index (χ0v) is 14.7. The summed E-state index contributed by atoms with van der Waals surface area (Å²) < 4.78 is 28.1. The fraction of sp³-hybridized carbons (Fsp3) is 0.267. The zero-order valence-electron chi connectivity index (χ0n) is 13.9. The van der Waals surface area contributed by atoms with Crippen LogP contribution in [0.3, 0.4) is 0 Å². The van der Waals surface area contributed by atoms with E-state index >= 15 is 0 Å². The Morgan fingerprint density at radius 2 is 2.04 bits per heavy atom. The van der Waals surface area contributed by atoms with Crippen LogP contribution in [0.5, 0.6) is 0 Å². The highest BCUT2D eigenvalue weighted by atomic mass is 32.2. The summed E-state index contributed by atoms with van der Waals surface area (Å²) in [5.41, 5.74) is 5.52. The van der Waals surface area contributed by atoms with Gasteiger partial charge in [0.15, 0.2) is 9.84 Å². The lowest BCUT2D eigenvalue weighted by molar-refractivity contribution is -0.384.